The number of nitrogens with zero attached hydrogens (tertiary/aromatic N) is 3. The quantitative estimate of drug-likeness (QED) is 0.371. The maximum atomic E-state index is 13.0. The van der Waals surface area contributed by atoms with E-state index >= 15 is 0 Å². The molecule has 0 aliphatic carbocycles. The molecule has 0 spiro atoms. The molecule has 1 aromatic heterocycles. The van der Waals surface area contributed by atoms with Crippen molar-refractivity contribution in [3.63, 3.8) is 0 Å². The Morgan fingerprint density at radius 3 is 2.55 bits per heavy atom. The molecule has 3 aromatic rings. The van der Waals surface area contributed by atoms with E-state index in [1.807, 2.05) is 32.0 Å². The van der Waals surface area contributed by atoms with Crippen molar-refractivity contribution in [2.45, 2.75) is 40.2 Å². The van der Waals surface area contributed by atoms with Crippen LogP contribution in [0.2, 0.25) is 5.02 Å². The van der Waals surface area contributed by atoms with Gasteiger partial charge in [0.25, 0.3) is 5.69 Å². The minimum atomic E-state index is -0.619. The number of anilines is 1. The molecule has 9 heteroatoms. The van der Waals surface area contributed by atoms with E-state index in [1.54, 1.807) is 30.7 Å². The van der Waals surface area contributed by atoms with Gasteiger partial charge in [-0.1, -0.05) is 36.7 Å². The lowest BCUT2D eigenvalue weighted by Crippen LogP contribution is -2.27. The fraction of sp³-hybridized carbons (Fsp3) is 0.273. The van der Waals surface area contributed by atoms with Gasteiger partial charge in [0.2, 0.25) is 5.91 Å². The van der Waals surface area contributed by atoms with E-state index in [2.05, 4.69) is 10.4 Å². The average molecular weight is 443 g/mol. The Kier molecular flexibility index (Phi) is 6.60. The van der Waals surface area contributed by atoms with Crippen molar-refractivity contribution in [2.24, 2.45) is 0 Å². The van der Waals surface area contributed by atoms with E-state index in [-0.39, 0.29) is 23.0 Å². The maximum absolute atomic E-state index is 13.0. The third kappa shape index (κ3) is 4.86. The largest absolute Gasteiger partial charge is 0.457 e. The Morgan fingerprint density at radius 2 is 1.97 bits per heavy atom. The molecule has 0 fully saturated rings. The van der Waals surface area contributed by atoms with Crippen molar-refractivity contribution in [2.75, 3.05) is 5.32 Å². The van der Waals surface area contributed by atoms with E-state index in [0.29, 0.717) is 28.6 Å². The van der Waals surface area contributed by atoms with Crippen LogP contribution in [0.4, 0.5) is 11.4 Å². The molecule has 1 heterocycles. The van der Waals surface area contributed by atoms with Crippen LogP contribution in [0.5, 0.6) is 11.5 Å². The highest BCUT2D eigenvalue weighted by Crippen LogP contribution is 2.32. The molecule has 0 saturated carbocycles. The topological polar surface area (TPSA) is 99.3 Å². The molecule has 0 unspecified atom stereocenters. The zero-order chi connectivity index (χ0) is 22.7. The van der Waals surface area contributed by atoms with Gasteiger partial charge in [0.05, 0.1) is 33.1 Å². The number of aryl methyl sites for hydroxylation is 2. The summed E-state index contributed by atoms with van der Waals surface area (Å²) in [6, 6.07) is 10.9. The molecule has 2 aromatic carbocycles. The van der Waals surface area contributed by atoms with Crippen molar-refractivity contribution in [3.8, 4) is 11.5 Å². The van der Waals surface area contributed by atoms with Crippen LogP contribution in [0.25, 0.3) is 0 Å². The molecule has 0 aliphatic rings. The molecule has 3 rings (SSSR count). The third-order valence-electron chi connectivity index (χ3n) is 4.91. The van der Waals surface area contributed by atoms with Crippen LogP contribution in [0.1, 0.15) is 36.3 Å². The van der Waals surface area contributed by atoms with Crippen molar-refractivity contribution in [1.82, 2.24) is 9.78 Å². The number of non-ortho nitro benzene ring substituents is 1. The van der Waals surface area contributed by atoms with Crippen LogP contribution in [0, 0.1) is 30.9 Å². The number of amides is 1. The first-order chi connectivity index (χ1) is 14.7. The van der Waals surface area contributed by atoms with Crippen molar-refractivity contribution < 1.29 is 14.5 Å². The molecule has 31 heavy (non-hydrogen) atoms. The molecule has 0 radical (unpaired) electrons. The molecule has 8 nitrogen and oxygen atoms in total. The maximum Gasteiger partial charge on any atom is 0.275 e. The number of para-hydroxylation sites is 1. The van der Waals surface area contributed by atoms with Crippen LogP contribution in [0.3, 0.4) is 0 Å². The van der Waals surface area contributed by atoms with Crippen LogP contribution in [0.15, 0.2) is 42.5 Å². The summed E-state index contributed by atoms with van der Waals surface area (Å²) in [7, 11) is 0. The van der Waals surface area contributed by atoms with Crippen LogP contribution in [-0.2, 0) is 4.79 Å². The van der Waals surface area contributed by atoms with Crippen LogP contribution >= 0.6 is 11.6 Å². The monoisotopic (exact) mass is 442 g/mol. The number of aromatic nitrogens is 2. The number of nitro benzene ring substituents is 1. The Balaban J connectivity index is 1.91. The second kappa shape index (κ2) is 9.18. The molecule has 0 aliphatic heterocycles. The Bertz CT molecular complexity index is 1140. The number of rotatable bonds is 7. The third-order valence-corrected chi connectivity index (χ3v) is 5.46. The summed E-state index contributed by atoms with van der Waals surface area (Å²) in [6.45, 7) is 7.29. The van der Waals surface area contributed by atoms with E-state index in [0.717, 1.165) is 5.56 Å². The van der Waals surface area contributed by atoms with E-state index < -0.39 is 11.0 Å². The molecule has 1 atom stereocenters. The normalized spacial score (nSPS) is 11.8. The molecular formula is C22H23ClN4O4. The number of nitrogens with one attached hydrogen (secondary N) is 1. The minimum absolute atomic E-state index is 0.191. The first-order valence-corrected chi connectivity index (χ1v) is 10.1. The van der Waals surface area contributed by atoms with Crippen LogP contribution in [-0.4, -0.2) is 20.6 Å². The number of nitro groups is 1. The highest BCUT2D eigenvalue weighted by Gasteiger charge is 2.24. The van der Waals surface area contributed by atoms with Gasteiger partial charge in [-0.05, 0) is 38.8 Å². The first kappa shape index (κ1) is 22.3. The average Bonchev–Trinajstić information content (AvgIpc) is 2.97. The Morgan fingerprint density at radius 1 is 1.26 bits per heavy atom. The number of benzene rings is 2. The van der Waals surface area contributed by atoms with Crippen molar-refractivity contribution in [1.29, 1.82) is 0 Å². The number of hydrogen-bond donors (Lipinski definition) is 1. The SMILES string of the molecule is CC[C@H](C(=O)Nc1cc(Oc2ccccc2C)cc([N+](=O)[O-])c1)n1nc(C)c(Cl)c1C. The number of carbonyl (C=O) groups is 1. The second-order valence-electron chi connectivity index (χ2n) is 7.18. The lowest BCUT2D eigenvalue weighted by atomic mass is 10.2. The van der Waals surface area contributed by atoms with Gasteiger partial charge in [-0.2, -0.15) is 5.10 Å². The van der Waals surface area contributed by atoms with Gasteiger partial charge in [-0.3, -0.25) is 19.6 Å². The van der Waals surface area contributed by atoms with E-state index in [4.69, 9.17) is 16.3 Å². The first-order valence-electron chi connectivity index (χ1n) is 9.76. The summed E-state index contributed by atoms with van der Waals surface area (Å²) >= 11 is 6.22. The van der Waals surface area contributed by atoms with E-state index in [9.17, 15) is 14.9 Å². The van der Waals surface area contributed by atoms with Gasteiger partial charge < -0.3 is 10.1 Å². The summed E-state index contributed by atoms with van der Waals surface area (Å²) in [5.41, 5.74) is 2.27. The second-order valence-corrected chi connectivity index (χ2v) is 7.56. The molecular weight excluding hydrogens is 420 g/mol. The van der Waals surface area contributed by atoms with Crippen molar-refractivity contribution in [3.05, 3.63) is 74.6 Å². The molecule has 1 N–H and O–H groups in total. The minimum Gasteiger partial charge on any atom is -0.457 e. The van der Waals surface area contributed by atoms with Gasteiger partial charge in [0.15, 0.2) is 0 Å². The molecule has 0 saturated heterocycles. The fourth-order valence-electron chi connectivity index (χ4n) is 3.26. The molecule has 0 bridgehead atoms. The number of halogens is 1. The number of carbonyl (C=O) groups excluding carboxylic acids is 1. The predicted octanol–water partition coefficient (Wildman–Crippen LogP) is 5.75. The smallest absolute Gasteiger partial charge is 0.275 e. The Labute approximate surface area is 184 Å². The van der Waals surface area contributed by atoms with Gasteiger partial charge in [0, 0.05) is 12.1 Å². The summed E-state index contributed by atoms with van der Waals surface area (Å²) in [6.07, 6.45) is 0.464. The highest BCUT2D eigenvalue weighted by atomic mass is 35.5. The summed E-state index contributed by atoms with van der Waals surface area (Å²) in [4.78, 5) is 23.9. The van der Waals surface area contributed by atoms with Crippen LogP contribution < -0.4 is 10.1 Å². The van der Waals surface area contributed by atoms with E-state index in [1.165, 1.54) is 12.1 Å². The van der Waals surface area contributed by atoms with Gasteiger partial charge in [-0.25, -0.2) is 0 Å². The zero-order valence-electron chi connectivity index (χ0n) is 17.7. The highest BCUT2D eigenvalue weighted by molar-refractivity contribution is 6.31. The summed E-state index contributed by atoms with van der Waals surface area (Å²) < 4.78 is 7.42. The van der Waals surface area contributed by atoms with Gasteiger partial charge >= 0.3 is 0 Å². The van der Waals surface area contributed by atoms with Crippen molar-refractivity contribution >= 4 is 28.9 Å². The summed E-state index contributed by atoms with van der Waals surface area (Å²) in [5.74, 6) is 0.470. The van der Waals surface area contributed by atoms with Gasteiger partial charge in [-0.15, -0.1) is 0 Å². The predicted molar refractivity (Wildman–Crippen MR) is 119 cm³/mol. The zero-order valence-corrected chi connectivity index (χ0v) is 18.4. The summed E-state index contributed by atoms with van der Waals surface area (Å²) in [5, 5.41) is 19.0. The number of hydrogen-bond acceptors (Lipinski definition) is 5. The Hall–Kier alpha value is -3.39. The lowest BCUT2D eigenvalue weighted by Gasteiger charge is -2.18. The lowest BCUT2D eigenvalue weighted by molar-refractivity contribution is -0.384. The number of ether oxygens (including phenoxy) is 1. The standard InChI is InChI=1S/C22H23ClN4O4/c1-5-19(26-15(4)21(23)14(3)25-26)22(28)24-16-10-17(27(29)30)12-18(11-16)31-20-9-7-6-8-13(20)2/h6-12,19H,5H2,1-4H3,(H,24,28)/t19-/m1/s1. The van der Waals surface area contributed by atoms with Gasteiger partial charge in [0.1, 0.15) is 17.5 Å². The fourth-order valence-corrected chi connectivity index (χ4v) is 3.38. The molecule has 162 valence electrons. The molecule has 1 amide bonds.